The number of nitrogens with two attached hydrogens (primary N) is 1. The zero-order chi connectivity index (χ0) is 14.6. The van der Waals surface area contributed by atoms with Crippen LogP contribution < -0.4 is 10.5 Å². The van der Waals surface area contributed by atoms with Crippen molar-refractivity contribution in [1.29, 1.82) is 0 Å². The molecule has 1 unspecified atom stereocenters. The zero-order valence-corrected chi connectivity index (χ0v) is 11.5. The molecule has 4 N–H and O–H groups in total. The Morgan fingerprint density at radius 2 is 1.90 bits per heavy atom. The Balaban J connectivity index is 1.86. The molecule has 20 heavy (non-hydrogen) atoms. The lowest BCUT2D eigenvalue weighted by Gasteiger charge is -2.11. The van der Waals surface area contributed by atoms with Crippen molar-refractivity contribution < 1.29 is 17.9 Å². The quantitative estimate of drug-likeness (QED) is 0.729. The molecule has 0 radical (unpaired) electrons. The highest BCUT2D eigenvalue weighted by atomic mass is 32.2. The number of aliphatic hydroxyl groups excluding tert-OH is 1. The smallest absolute Gasteiger partial charge is 0.271 e. The van der Waals surface area contributed by atoms with Gasteiger partial charge in [0.1, 0.15) is 5.76 Å². The number of nitrogens with one attached hydrogen (secondary N) is 1. The molecule has 0 aliphatic carbocycles. The summed E-state index contributed by atoms with van der Waals surface area (Å²) in [7, 11) is -3.81. The predicted octanol–water partition coefficient (Wildman–Crippen LogP) is 0.750. The molecule has 0 saturated carbocycles. The second-order valence-electron chi connectivity index (χ2n) is 4.32. The van der Waals surface area contributed by atoms with Gasteiger partial charge in [-0.1, -0.05) is 30.3 Å². The number of hydrogen-bond acceptors (Lipinski definition) is 5. The Hall–Kier alpha value is -1.67. The molecule has 6 nitrogen and oxygen atoms in total. The third-order valence-corrected chi connectivity index (χ3v) is 3.52. The van der Waals surface area contributed by atoms with E-state index in [1.807, 2.05) is 30.3 Å². The fourth-order valence-electron chi connectivity index (χ4n) is 1.73. The second-order valence-corrected chi connectivity index (χ2v) is 5.82. The number of rotatable bonds is 6. The number of primary sulfonamides is 1. The van der Waals surface area contributed by atoms with E-state index in [1.54, 1.807) is 0 Å². The highest BCUT2D eigenvalue weighted by Crippen LogP contribution is 2.13. The van der Waals surface area contributed by atoms with Crippen LogP contribution in [0.4, 0.5) is 0 Å². The number of sulfonamides is 1. The molecule has 7 heteroatoms. The van der Waals surface area contributed by atoms with Crippen LogP contribution in [-0.4, -0.2) is 20.1 Å². The summed E-state index contributed by atoms with van der Waals surface area (Å²) in [4.78, 5) is 0. The molecule has 0 bridgehead atoms. The molecule has 1 heterocycles. The van der Waals surface area contributed by atoms with Crippen molar-refractivity contribution in [2.75, 3.05) is 6.54 Å². The van der Waals surface area contributed by atoms with Gasteiger partial charge in [0.15, 0.2) is 0 Å². The summed E-state index contributed by atoms with van der Waals surface area (Å²) in [6.07, 6.45) is -0.635. The zero-order valence-electron chi connectivity index (χ0n) is 10.7. The molecule has 0 amide bonds. The number of furan rings is 1. The van der Waals surface area contributed by atoms with E-state index < -0.39 is 16.1 Å². The van der Waals surface area contributed by atoms with Crippen LogP contribution in [0.2, 0.25) is 0 Å². The van der Waals surface area contributed by atoms with Gasteiger partial charge in [-0.3, -0.25) is 0 Å². The van der Waals surface area contributed by atoms with Crippen molar-refractivity contribution in [3.05, 3.63) is 53.8 Å². The highest BCUT2D eigenvalue weighted by Gasteiger charge is 2.13. The summed E-state index contributed by atoms with van der Waals surface area (Å²) in [6.45, 7) is 0.634. The van der Waals surface area contributed by atoms with Crippen molar-refractivity contribution >= 4 is 10.0 Å². The van der Waals surface area contributed by atoms with Crippen LogP contribution in [-0.2, 0) is 16.6 Å². The minimum Gasteiger partial charge on any atom is -0.447 e. The minimum absolute atomic E-state index is 0.266. The summed E-state index contributed by atoms with van der Waals surface area (Å²) in [5.74, 6) is 0.439. The minimum atomic E-state index is -3.81. The van der Waals surface area contributed by atoms with Crippen LogP contribution in [0, 0.1) is 0 Å². The molecular weight excluding hydrogens is 280 g/mol. The Labute approximate surface area is 117 Å². The molecule has 108 valence electrons. The van der Waals surface area contributed by atoms with Crippen molar-refractivity contribution in [3.8, 4) is 0 Å². The largest absolute Gasteiger partial charge is 0.447 e. The summed E-state index contributed by atoms with van der Waals surface area (Å²) in [5.41, 5.74) is 0.810. The van der Waals surface area contributed by atoms with Gasteiger partial charge in [0.25, 0.3) is 10.0 Å². The van der Waals surface area contributed by atoms with Crippen LogP contribution in [0.15, 0.2) is 52.0 Å². The molecule has 0 aliphatic heterocycles. The highest BCUT2D eigenvalue weighted by molar-refractivity contribution is 7.89. The topological polar surface area (TPSA) is 106 Å². The third kappa shape index (κ3) is 3.91. The third-order valence-electron chi connectivity index (χ3n) is 2.74. The van der Waals surface area contributed by atoms with E-state index in [9.17, 15) is 13.5 Å². The molecular formula is C13H16N2O4S. The molecule has 1 aromatic heterocycles. The number of aliphatic hydroxyl groups is 1. The van der Waals surface area contributed by atoms with Gasteiger partial charge in [0.2, 0.25) is 5.09 Å². The monoisotopic (exact) mass is 296 g/mol. The van der Waals surface area contributed by atoms with Crippen LogP contribution in [0.25, 0.3) is 0 Å². The van der Waals surface area contributed by atoms with Gasteiger partial charge in [-0.05, 0) is 17.7 Å². The molecule has 0 saturated heterocycles. The fourth-order valence-corrected chi connectivity index (χ4v) is 2.21. The van der Waals surface area contributed by atoms with Gasteiger partial charge < -0.3 is 14.8 Å². The Kier molecular flexibility index (Phi) is 4.56. The lowest BCUT2D eigenvalue weighted by atomic mass is 10.1. The van der Waals surface area contributed by atoms with Crippen LogP contribution >= 0.6 is 0 Å². The van der Waals surface area contributed by atoms with E-state index in [0.717, 1.165) is 5.56 Å². The molecule has 0 spiro atoms. The van der Waals surface area contributed by atoms with Gasteiger partial charge >= 0.3 is 0 Å². The normalized spacial score (nSPS) is 13.3. The Morgan fingerprint density at radius 3 is 2.50 bits per heavy atom. The lowest BCUT2D eigenvalue weighted by molar-refractivity contribution is 0.173. The lowest BCUT2D eigenvalue weighted by Crippen LogP contribution is -2.20. The van der Waals surface area contributed by atoms with Crippen LogP contribution in [0.1, 0.15) is 17.4 Å². The number of benzene rings is 1. The Morgan fingerprint density at radius 1 is 1.20 bits per heavy atom. The summed E-state index contributed by atoms with van der Waals surface area (Å²) >= 11 is 0. The van der Waals surface area contributed by atoms with Gasteiger partial charge in [-0.15, -0.1) is 0 Å². The van der Waals surface area contributed by atoms with E-state index in [1.165, 1.54) is 12.1 Å². The maximum absolute atomic E-state index is 11.0. The van der Waals surface area contributed by atoms with Crippen molar-refractivity contribution in [2.24, 2.45) is 5.14 Å². The van der Waals surface area contributed by atoms with E-state index >= 15 is 0 Å². The van der Waals surface area contributed by atoms with Crippen molar-refractivity contribution in [2.45, 2.75) is 17.7 Å². The summed E-state index contributed by atoms with van der Waals surface area (Å²) in [6, 6.07) is 12.1. The average Bonchev–Trinajstić information content (AvgIpc) is 2.88. The van der Waals surface area contributed by atoms with Gasteiger partial charge in [0.05, 0.1) is 12.6 Å². The first-order chi connectivity index (χ1) is 9.47. The maximum Gasteiger partial charge on any atom is 0.271 e. The summed E-state index contributed by atoms with van der Waals surface area (Å²) in [5, 5.41) is 17.6. The summed E-state index contributed by atoms with van der Waals surface area (Å²) < 4.78 is 27.2. The predicted molar refractivity (Wildman–Crippen MR) is 73.2 cm³/mol. The van der Waals surface area contributed by atoms with Crippen LogP contribution in [0.3, 0.4) is 0 Å². The molecule has 0 aliphatic rings. The van der Waals surface area contributed by atoms with E-state index in [4.69, 9.17) is 9.56 Å². The number of hydrogen-bond donors (Lipinski definition) is 3. The first-order valence-electron chi connectivity index (χ1n) is 6.02. The first-order valence-corrected chi connectivity index (χ1v) is 7.56. The molecule has 0 fully saturated rings. The average molecular weight is 296 g/mol. The standard InChI is InChI=1S/C13H16N2O4S/c14-20(17,18)13-7-6-11(19-13)8-15-9-12(16)10-4-2-1-3-5-10/h1-7,12,15-16H,8-9H2,(H2,14,17,18). The van der Waals surface area contributed by atoms with Crippen LogP contribution in [0.5, 0.6) is 0 Å². The van der Waals surface area contributed by atoms with Gasteiger partial charge in [-0.2, -0.15) is 0 Å². The van der Waals surface area contributed by atoms with E-state index in [0.29, 0.717) is 18.8 Å². The molecule has 2 aromatic rings. The Bertz CT molecular complexity index is 652. The SMILES string of the molecule is NS(=O)(=O)c1ccc(CNCC(O)c2ccccc2)o1. The van der Waals surface area contributed by atoms with E-state index in [2.05, 4.69) is 5.32 Å². The van der Waals surface area contributed by atoms with Crippen molar-refractivity contribution in [3.63, 3.8) is 0 Å². The van der Waals surface area contributed by atoms with Crippen molar-refractivity contribution in [1.82, 2.24) is 5.32 Å². The molecule has 1 aromatic carbocycles. The molecule has 1 atom stereocenters. The first kappa shape index (κ1) is 14.7. The fraction of sp³-hybridized carbons (Fsp3) is 0.231. The molecule has 2 rings (SSSR count). The van der Waals surface area contributed by atoms with Gasteiger partial charge in [0, 0.05) is 6.54 Å². The second kappa shape index (κ2) is 6.19. The van der Waals surface area contributed by atoms with Gasteiger partial charge in [-0.25, -0.2) is 13.6 Å². The maximum atomic E-state index is 11.0. The van der Waals surface area contributed by atoms with E-state index in [-0.39, 0.29) is 5.09 Å².